The van der Waals surface area contributed by atoms with E-state index in [1.165, 1.54) is 11.1 Å². The standard InChI is InChI=1S/C21H24N2O4/c1-23(21(20(25)26)10-4-3-5-11-21)19(24)17-12-16(13-22-14-17)15-6-8-18(27-2)9-7-15/h6-9,12-14H,3-5,10-11H2,1-2H3,(H,25,26). The molecule has 1 heterocycles. The van der Waals surface area contributed by atoms with Crippen LogP contribution in [0.1, 0.15) is 42.5 Å². The van der Waals surface area contributed by atoms with E-state index in [1.807, 2.05) is 24.3 Å². The van der Waals surface area contributed by atoms with Gasteiger partial charge in [0.15, 0.2) is 0 Å². The van der Waals surface area contributed by atoms with Gasteiger partial charge in [-0.1, -0.05) is 31.4 Å². The Morgan fingerprint density at radius 2 is 1.74 bits per heavy atom. The second-order valence-electron chi connectivity index (χ2n) is 6.95. The van der Waals surface area contributed by atoms with E-state index >= 15 is 0 Å². The number of carboxylic acids is 1. The maximum Gasteiger partial charge on any atom is 0.329 e. The van der Waals surface area contributed by atoms with Gasteiger partial charge in [-0.15, -0.1) is 0 Å². The number of amides is 1. The Balaban J connectivity index is 1.89. The number of methoxy groups -OCH3 is 1. The van der Waals surface area contributed by atoms with Gasteiger partial charge in [0.2, 0.25) is 0 Å². The summed E-state index contributed by atoms with van der Waals surface area (Å²) in [7, 11) is 3.19. The lowest BCUT2D eigenvalue weighted by Crippen LogP contribution is -2.56. The Morgan fingerprint density at radius 3 is 2.33 bits per heavy atom. The van der Waals surface area contributed by atoms with Crippen molar-refractivity contribution in [3.63, 3.8) is 0 Å². The molecule has 1 saturated carbocycles. The molecule has 1 aliphatic rings. The molecule has 1 aromatic carbocycles. The van der Waals surface area contributed by atoms with E-state index < -0.39 is 11.5 Å². The second-order valence-corrected chi connectivity index (χ2v) is 6.95. The minimum absolute atomic E-state index is 0.317. The van der Waals surface area contributed by atoms with Gasteiger partial charge in [-0.2, -0.15) is 0 Å². The third-order valence-electron chi connectivity index (χ3n) is 5.43. The number of carbonyl (C=O) groups excluding carboxylic acids is 1. The van der Waals surface area contributed by atoms with Crippen LogP contribution in [0.5, 0.6) is 5.75 Å². The summed E-state index contributed by atoms with van der Waals surface area (Å²) in [5.74, 6) is -0.501. The molecule has 0 aliphatic heterocycles. The topological polar surface area (TPSA) is 79.7 Å². The number of ether oxygens (including phenoxy) is 1. The lowest BCUT2D eigenvalue weighted by atomic mass is 9.80. The number of carbonyl (C=O) groups is 2. The van der Waals surface area contributed by atoms with Crippen molar-refractivity contribution in [2.75, 3.05) is 14.2 Å². The predicted molar refractivity (Wildman–Crippen MR) is 102 cm³/mol. The molecule has 0 atom stereocenters. The van der Waals surface area contributed by atoms with E-state index in [0.29, 0.717) is 18.4 Å². The Morgan fingerprint density at radius 1 is 1.07 bits per heavy atom. The molecule has 1 fully saturated rings. The fraction of sp³-hybridized carbons (Fsp3) is 0.381. The summed E-state index contributed by atoms with van der Waals surface area (Å²) in [5, 5.41) is 9.82. The first-order chi connectivity index (χ1) is 13.0. The van der Waals surface area contributed by atoms with Crippen LogP contribution in [0.2, 0.25) is 0 Å². The Hall–Kier alpha value is -2.89. The van der Waals surface area contributed by atoms with Crippen molar-refractivity contribution in [3.8, 4) is 16.9 Å². The SMILES string of the molecule is COc1ccc(-c2cncc(C(=O)N(C)C3(C(=O)O)CCCCC3)c2)cc1. The lowest BCUT2D eigenvalue weighted by molar-refractivity contribution is -0.151. The van der Waals surface area contributed by atoms with E-state index in [2.05, 4.69) is 4.98 Å². The molecule has 0 spiro atoms. The average Bonchev–Trinajstić information content (AvgIpc) is 2.73. The van der Waals surface area contributed by atoms with Crippen molar-refractivity contribution in [2.24, 2.45) is 0 Å². The molecule has 1 aliphatic carbocycles. The minimum atomic E-state index is -1.13. The molecule has 0 unspecified atom stereocenters. The summed E-state index contributed by atoms with van der Waals surface area (Å²) < 4.78 is 5.17. The van der Waals surface area contributed by atoms with Crippen molar-refractivity contribution >= 4 is 11.9 Å². The number of pyridine rings is 1. The van der Waals surface area contributed by atoms with Gasteiger partial charge in [0, 0.05) is 25.0 Å². The fourth-order valence-electron chi connectivity index (χ4n) is 3.72. The lowest BCUT2D eigenvalue weighted by Gasteiger charge is -2.41. The summed E-state index contributed by atoms with van der Waals surface area (Å²) in [6.07, 6.45) is 6.77. The zero-order valence-electron chi connectivity index (χ0n) is 15.6. The van der Waals surface area contributed by atoms with E-state index in [0.717, 1.165) is 36.1 Å². The second kappa shape index (κ2) is 7.78. The van der Waals surface area contributed by atoms with Crippen molar-refractivity contribution in [3.05, 3.63) is 48.3 Å². The van der Waals surface area contributed by atoms with Crippen molar-refractivity contribution in [1.82, 2.24) is 9.88 Å². The first kappa shape index (κ1) is 18.9. The third-order valence-corrected chi connectivity index (χ3v) is 5.43. The molecular formula is C21H24N2O4. The van der Waals surface area contributed by atoms with Crippen molar-refractivity contribution < 1.29 is 19.4 Å². The highest BCUT2D eigenvalue weighted by molar-refractivity contribution is 5.98. The predicted octanol–water partition coefficient (Wildman–Crippen LogP) is 3.62. The fourth-order valence-corrected chi connectivity index (χ4v) is 3.72. The monoisotopic (exact) mass is 368 g/mol. The van der Waals surface area contributed by atoms with Crippen LogP contribution < -0.4 is 4.74 Å². The van der Waals surface area contributed by atoms with Gasteiger partial charge in [-0.3, -0.25) is 9.78 Å². The molecule has 27 heavy (non-hydrogen) atoms. The molecule has 6 nitrogen and oxygen atoms in total. The number of aliphatic carboxylic acids is 1. The molecule has 6 heteroatoms. The Bertz CT molecular complexity index is 826. The normalized spacial score (nSPS) is 15.8. The Labute approximate surface area is 158 Å². The van der Waals surface area contributed by atoms with Crippen LogP contribution >= 0.6 is 0 Å². The third kappa shape index (κ3) is 3.65. The van der Waals surface area contributed by atoms with E-state index in [9.17, 15) is 14.7 Å². The smallest absolute Gasteiger partial charge is 0.329 e. The number of rotatable bonds is 5. The van der Waals surface area contributed by atoms with Crippen LogP contribution in [-0.2, 0) is 4.79 Å². The highest BCUT2D eigenvalue weighted by Crippen LogP contribution is 2.34. The van der Waals surface area contributed by atoms with E-state index in [4.69, 9.17) is 4.74 Å². The number of benzene rings is 1. The average molecular weight is 368 g/mol. The summed E-state index contributed by atoms with van der Waals surface area (Å²) >= 11 is 0. The summed E-state index contributed by atoms with van der Waals surface area (Å²) in [4.78, 5) is 30.6. The molecular weight excluding hydrogens is 344 g/mol. The summed E-state index contributed by atoms with van der Waals surface area (Å²) in [6.45, 7) is 0. The molecule has 1 amide bonds. The molecule has 0 bridgehead atoms. The van der Waals surface area contributed by atoms with Gasteiger partial charge in [-0.05, 0) is 36.6 Å². The highest BCUT2D eigenvalue weighted by Gasteiger charge is 2.45. The number of hydrogen-bond donors (Lipinski definition) is 1. The van der Waals surface area contributed by atoms with Crippen LogP contribution in [-0.4, -0.2) is 46.6 Å². The zero-order chi connectivity index (χ0) is 19.4. The molecule has 1 N–H and O–H groups in total. The molecule has 142 valence electrons. The van der Waals surface area contributed by atoms with Crippen LogP contribution in [0.25, 0.3) is 11.1 Å². The number of aromatic nitrogens is 1. The van der Waals surface area contributed by atoms with Crippen LogP contribution in [0.15, 0.2) is 42.7 Å². The van der Waals surface area contributed by atoms with Crippen LogP contribution in [0.3, 0.4) is 0 Å². The molecule has 2 aromatic rings. The first-order valence-corrected chi connectivity index (χ1v) is 9.09. The molecule has 0 radical (unpaired) electrons. The number of hydrogen-bond acceptors (Lipinski definition) is 4. The zero-order valence-corrected chi connectivity index (χ0v) is 15.6. The van der Waals surface area contributed by atoms with Gasteiger partial charge in [-0.25, -0.2) is 4.79 Å². The van der Waals surface area contributed by atoms with Gasteiger partial charge < -0.3 is 14.7 Å². The maximum absolute atomic E-state index is 13.0. The van der Waals surface area contributed by atoms with Crippen molar-refractivity contribution in [1.29, 1.82) is 0 Å². The molecule has 3 rings (SSSR count). The first-order valence-electron chi connectivity index (χ1n) is 9.09. The summed E-state index contributed by atoms with van der Waals surface area (Å²) in [6, 6.07) is 9.24. The highest BCUT2D eigenvalue weighted by atomic mass is 16.5. The van der Waals surface area contributed by atoms with Gasteiger partial charge in [0.1, 0.15) is 11.3 Å². The van der Waals surface area contributed by atoms with Gasteiger partial charge in [0.25, 0.3) is 5.91 Å². The van der Waals surface area contributed by atoms with Crippen LogP contribution in [0, 0.1) is 0 Å². The quantitative estimate of drug-likeness (QED) is 0.872. The van der Waals surface area contributed by atoms with Gasteiger partial charge >= 0.3 is 5.97 Å². The number of carboxylic acid groups (broad SMARTS) is 1. The van der Waals surface area contributed by atoms with Crippen molar-refractivity contribution in [2.45, 2.75) is 37.6 Å². The maximum atomic E-state index is 13.0. The largest absolute Gasteiger partial charge is 0.497 e. The minimum Gasteiger partial charge on any atom is -0.497 e. The molecule has 1 aromatic heterocycles. The summed E-state index contributed by atoms with van der Waals surface area (Å²) in [5.41, 5.74) is 0.957. The number of nitrogens with zero attached hydrogens (tertiary/aromatic N) is 2. The number of likely N-dealkylation sites (N-methyl/N-ethyl adjacent to an activating group) is 1. The van der Waals surface area contributed by atoms with Crippen LogP contribution in [0.4, 0.5) is 0 Å². The van der Waals surface area contributed by atoms with E-state index in [-0.39, 0.29) is 5.91 Å². The van der Waals surface area contributed by atoms with Gasteiger partial charge in [0.05, 0.1) is 12.7 Å². The molecule has 0 saturated heterocycles. The Kier molecular flexibility index (Phi) is 5.44. The van der Waals surface area contributed by atoms with E-state index in [1.54, 1.807) is 26.4 Å².